The van der Waals surface area contributed by atoms with Crippen LogP contribution in [0.25, 0.3) is 10.9 Å². The van der Waals surface area contributed by atoms with Crippen molar-refractivity contribution in [1.29, 1.82) is 0 Å². The zero-order chi connectivity index (χ0) is 12.9. The smallest absolute Gasteiger partial charge is 0.268 e. The van der Waals surface area contributed by atoms with Crippen molar-refractivity contribution in [3.8, 4) is 0 Å². The van der Waals surface area contributed by atoms with E-state index in [0.29, 0.717) is 17.0 Å². The second-order valence-electron chi connectivity index (χ2n) is 4.62. The van der Waals surface area contributed by atoms with Crippen LogP contribution in [0.4, 0.5) is 0 Å². The SMILES string of the molecule is C=CC1CC1(N)C(=O)n1ncc2c(Cl)cccc21. The van der Waals surface area contributed by atoms with E-state index in [0.717, 1.165) is 5.39 Å². The van der Waals surface area contributed by atoms with Crippen LogP contribution < -0.4 is 5.73 Å². The maximum Gasteiger partial charge on any atom is 0.268 e. The standard InChI is InChI=1S/C13H12ClN3O/c1-2-8-6-13(8,15)12(18)17-11-5-3-4-10(14)9(11)7-16-17/h2-5,7-8H,1,6,15H2. The van der Waals surface area contributed by atoms with Gasteiger partial charge in [-0.05, 0) is 18.6 Å². The van der Waals surface area contributed by atoms with Gasteiger partial charge < -0.3 is 5.73 Å². The van der Waals surface area contributed by atoms with Gasteiger partial charge in [-0.25, -0.2) is 0 Å². The Balaban J connectivity index is 2.09. The number of carbonyl (C=O) groups excluding carboxylic acids is 1. The molecule has 3 rings (SSSR count). The summed E-state index contributed by atoms with van der Waals surface area (Å²) in [5, 5.41) is 5.43. The number of benzene rings is 1. The summed E-state index contributed by atoms with van der Waals surface area (Å²) in [6, 6.07) is 5.36. The number of aromatic nitrogens is 2. The number of nitrogens with two attached hydrogens (primary N) is 1. The third kappa shape index (κ3) is 1.43. The fraction of sp³-hybridized carbons (Fsp3) is 0.231. The van der Waals surface area contributed by atoms with Crippen molar-refractivity contribution in [2.75, 3.05) is 0 Å². The van der Waals surface area contributed by atoms with E-state index in [-0.39, 0.29) is 11.8 Å². The Morgan fingerprint density at radius 1 is 1.67 bits per heavy atom. The topological polar surface area (TPSA) is 60.9 Å². The number of nitrogens with zero attached hydrogens (tertiary/aromatic N) is 2. The first-order chi connectivity index (χ1) is 8.58. The molecule has 1 saturated carbocycles. The fourth-order valence-corrected chi connectivity index (χ4v) is 2.44. The van der Waals surface area contributed by atoms with Gasteiger partial charge in [-0.15, -0.1) is 6.58 Å². The second-order valence-corrected chi connectivity index (χ2v) is 5.03. The lowest BCUT2D eigenvalue weighted by molar-refractivity contribution is 0.0850. The molecule has 1 aromatic carbocycles. The highest BCUT2D eigenvalue weighted by Crippen LogP contribution is 2.43. The molecule has 0 saturated heterocycles. The van der Waals surface area contributed by atoms with E-state index in [9.17, 15) is 4.79 Å². The van der Waals surface area contributed by atoms with Gasteiger partial charge in [0.15, 0.2) is 0 Å². The van der Waals surface area contributed by atoms with Crippen LogP contribution in [0.5, 0.6) is 0 Å². The number of fused-ring (bicyclic) bond motifs is 1. The molecule has 2 aromatic rings. The summed E-state index contributed by atoms with van der Waals surface area (Å²) in [5.74, 6) is -0.173. The van der Waals surface area contributed by atoms with Crippen molar-refractivity contribution in [2.45, 2.75) is 12.0 Å². The molecule has 0 radical (unpaired) electrons. The van der Waals surface area contributed by atoms with Crippen LogP contribution in [0.2, 0.25) is 5.02 Å². The zero-order valence-electron chi connectivity index (χ0n) is 9.64. The summed E-state index contributed by atoms with van der Waals surface area (Å²) >= 11 is 6.05. The number of halogens is 1. The van der Waals surface area contributed by atoms with E-state index in [1.54, 1.807) is 30.5 Å². The minimum absolute atomic E-state index is 0.0310. The molecule has 0 spiro atoms. The number of carbonyl (C=O) groups is 1. The van der Waals surface area contributed by atoms with Crippen LogP contribution in [0.1, 0.15) is 11.2 Å². The highest BCUT2D eigenvalue weighted by atomic mass is 35.5. The third-order valence-corrected chi connectivity index (χ3v) is 3.82. The Hall–Kier alpha value is -1.65. The van der Waals surface area contributed by atoms with Crippen molar-refractivity contribution < 1.29 is 4.79 Å². The monoisotopic (exact) mass is 261 g/mol. The molecular weight excluding hydrogens is 250 g/mol. The lowest BCUT2D eigenvalue weighted by Crippen LogP contribution is -2.39. The zero-order valence-corrected chi connectivity index (χ0v) is 10.4. The van der Waals surface area contributed by atoms with Gasteiger partial charge in [0.1, 0.15) is 5.54 Å². The predicted octanol–water partition coefficient (Wildman–Crippen LogP) is 2.23. The van der Waals surface area contributed by atoms with Gasteiger partial charge in [-0.2, -0.15) is 9.78 Å². The lowest BCUT2D eigenvalue weighted by atomic mass is 10.2. The molecule has 1 aliphatic rings. The van der Waals surface area contributed by atoms with Crippen molar-refractivity contribution in [3.63, 3.8) is 0 Å². The minimum atomic E-state index is -0.858. The summed E-state index contributed by atoms with van der Waals surface area (Å²) in [6.07, 6.45) is 3.93. The van der Waals surface area contributed by atoms with Crippen molar-refractivity contribution in [2.24, 2.45) is 11.7 Å². The Kier molecular flexibility index (Phi) is 2.33. The molecule has 1 aromatic heterocycles. The Bertz CT molecular complexity index is 663. The molecule has 2 atom stereocenters. The molecule has 1 heterocycles. The van der Waals surface area contributed by atoms with Gasteiger partial charge in [0.05, 0.1) is 16.7 Å². The highest BCUT2D eigenvalue weighted by molar-refractivity contribution is 6.35. The molecule has 92 valence electrons. The molecule has 0 amide bonds. The van der Waals surface area contributed by atoms with Gasteiger partial charge in [-0.1, -0.05) is 23.7 Å². The van der Waals surface area contributed by atoms with E-state index >= 15 is 0 Å². The molecular formula is C13H12ClN3O. The number of rotatable bonds is 2. The molecule has 5 heteroatoms. The van der Waals surface area contributed by atoms with E-state index in [2.05, 4.69) is 11.7 Å². The van der Waals surface area contributed by atoms with Crippen LogP contribution in [0.3, 0.4) is 0 Å². The van der Waals surface area contributed by atoms with E-state index in [1.807, 2.05) is 0 Å². The third-order valence-electron chi connectivity index (χ3n) is 3.49. The molecule has 1 fully saturated rings. The minimum Gasteiger partial charge on any atom is -0.317 e. The first kappa shape index (κ1) is 11.4. The summed E-state index contributed by atoms with van der Waals surface area (Å²) in [5.41, 5.74) is 5.88. The molecule has 1 aliphatic carbocycles. The first-order valence-electron chi connectivity index (χ1n) is 5.66. The van der Waals surface area contributed by atoms with Gasteiger partial charge in [0.2, 0.25) is 0 Å². The van der Waals surface area contributed by atoms with Crippen LogP contribution in [0, 0.1) is 5.92 Å². The fourth-order valence-electron chi connectivity index (χ4n) is 2.22. The van der Waals surface area contributed by atoms with Gasteiger partial charge in [0.25, 0.3) is 5.91 Å². The van der Waals surface area contributed by atoms with Crippen LogP contribution in [-0.4, -0.2) is 21.2 Å². The summed E-state index contributed by atoms with van der Waals surface area (Å²) < 4.78 is 1.34. The average molecular weight is 262 g/mol. The van der Waals surface area contributed by atoms with Gasteiger partial charge >= 0.3 is 0 Å². The molecule has 0 aliphatic heterocycles. The second kappa shape index (κ2) is 3.67. The van der Waals surface area contributed by atoms with Crippen molar-refractivity contribution in [3.05, 3.63) is 42.1 Å². The van der Waals surface area contributed by atoms with Crippen LogP contribution >= 0.6 is 11.6 Å². The quantitative estimate of drug-likeness (QED) is 0.844. The Labute approximate surface area is 109 Å². The number of hydrogen-bond acceptors (Lipinski definition) is 3. The van der Waals surface area contributed by atoms with Crippen molar-refractivity contribution >= 4 is 28.4 Å². The van der Waals surface area contributed by atoms with Gasteiger partial charge in [0, 0.05) is 11.3 Å². The normalized spacial score (nSPS) is 26.2. The molecule has 18 heavy (non-hydrogen) atoms. The van der Waals surface area contributed by atoms with E-state index in [4.69, 9.17) is 17.3 Å². The maximum absolute atomic E-state index is 12.4. The van der Waals surface area contributed by atoms with E-state index < -0.39 is 5.54 Å². The van der Waals surface area contributed by atoms with Crippen LogP contribution in [0.15, 0.2) is 37.1 Å². The summed E-state index contributed by atoms with van der Waals surface area (Å²) in [4.78, 5) is 12.4. The number of hydrogen-bond donors (Lipinski definition) is 1. The largest absolute Gasteiger partial charge is 0.317 e. The molecule has 2 N–H and O–H groups in total. The highest BCUT2D eigenvalue weighted by Gasteiger charge is 2.56. The summed E-state index contributed by atoms with van der Waals surface area (Å²) in [7, 11) is 0. The molecule has 4 nitrogen and oxygen atoms in total. The lowest BCUT2D eigenvalue weighted by Gasteiger charge is -2.09. The first-order valence-corrected chi connectivity index (χ1v) is 6.04. The average Bonchev–Trinajstić information content (AvgIpc) is 2.85. The van der Waals surface area contributed by atoms with E-state index in [1.165, 1.54) is 4.68 Å². The maximum atomic E-state index is 12.4. The predicted molar refractivity (Wildman–Crippen MR) is 70.6 cm³/mol. The van der Waals surface area contributed by atoms with Crippen LogP contribution in [-0.2, 0) is 0 Å². The summed E-state index contributed by atoms with van der Waals surface area (Å²) in [6.45, 7) is 3.68. The van der Waals surface area contributed by atoms with Crippen molar-refractivity contribution in [1.82, 2.24) is 9.78 Å². The van der Waals surface area contributed by atoms with Gasteiger partial charge in [-0.3, -0.25) is 4.79 Å². The molecule has 2 unspecified atom stereocenters. The Morgan fingerprint density at radius 3 is 3.11 bits per heavy atom. The Morgan fingerprint density at radius 2 is 2.44 bits per heavy atom. The molecule has 0 bridgehead atoms.